The second-order valence-corrected chi connectivity index (χ2v) is 5.92. The Bertz CT molecular complexity index is 742. The van der Waals surface area contributed by atoms with Gasteiger partial charge in [-0.25, -0.2) is 0 Å². The molecule has 1 aliphatic heterocycles. The van der Waals surface area contributed by atoms with Crippen LogP contribution in [0.3, 0.4) is 0 Å². The van der Waals surface area contributed by atoms with Crippen molar-refractivity contribution in [3.63, 3.8) is 0 Å². The molecule has 2 aliphatic rings. The number of nitriles is 1. The SMILES string of the molecule is CCOC(=O)Cc1[nH]nc2c1C(C1CC=CCC1)C(C#N)=C(N)O2. The van der Waals surface area contributed by atoms with Crippen LogP contribution in [0.4, 0.5) is 0 Å². The lowest BCUT2D eigenvalue weighted by Gasteiger charge is -2.31. The fraction of sp³-hybridized carbons (Fsp3) is 0.471. The fourth-order valence-corrected chi connectivity index (χ4v) is 3.43. The van der Waals surface area contributed by atoms with Gasteiger partial charge in [0.2, 0.25) is 11.8 Å². The molecular formula is C17H20N4O3. The van der Waals surface area contributed by atoms with Crippen LogP contribution < -0.4 is 10.5 Å². The molecule has 126 valence electrons. The molecule has 0 saturated carbocycles. The first-order chi connectivity index (χ1) is 11.7. The van der Waals surface area contributed by atoms with Crippen LogP contribution in [-0.4, -0.2) is 22.8 Å². The Balaban J connectivity index is 2.00. The van der Waals surface area contributed by atoms with Gasteiger partial charge in [-0.15, -0.1) is 5.10 Å². The minimum Gasteiger partial charge on any atom is -0.466 e. The van der Waals surface area contributed by atoms with Crippen molar-refractivity contribution in [3.8, 4) is 11.9 Å². The summed E-state index contributed by atoms with van der Waals surface area (Å²) in [5, 5.41) is 16.6. The average molecular weight is 328 g/mol. The third kappa shape index (κ3) is 2.87. The van der Waals surface area contributed by atoms with E-state index in [0.29, 0.717) is 23.8 Å². The van der Waals surface area contributed by atoms with Gasteiger partial charge in [0.25, 0.3) is 0 Å². The number of hydrogen-bond acceptors (Lipinski definition) is 6. The second-order valence-electron chi connectivity index (χ2n) is 5.92. The van der Waals surface area contributed by atoms with Crippen LogP contribution in [0.15, 0.2) is 23.6 Å². The molecule has 0 amide bonds. The quantitative estimate of drug-likeness (QED) is 0.646. The fourth-order valence-electron chi connectivity index (χ4n) is 3.43. The molecule has 24 heavy (non-hydrogen) atoms. The summed E-state index contributed by atoms with van der Waals surface area (Å²) >= 11 is 0. The third-order valence-electron chi connectivity index (χ3n) is 4.47. The van der Waals surface area contributed by atoms with Gasteiger partial charge >= 0.3 is 5.97 Å². The zero-order chi connectivity index (χ0) is 17.1. The second kappa shape index (κ2) is 6.79. The number of ether oxygens (including phenoxy) is 2. The number of fused-ring (bicyclic) bond motifs is 1. The number of esters is 1. The highest BCUT2D eigenvalue weighted by Gasteiger charge is 2.39. The van der Waals surface area contributed by atoms with E-state index in [1.54, 1.807) is 6.92 Å². The minimum atomic E-state index is -0.340. The number of hydrogen-bond donors (Lipinski definition) is 2. The summed E-state index contributed by atoms with van der Waals surface area (Å²) in [7, 11) is 0. The van der Waals surface area contributed by atoms with Crippen molar-refractivity contribution in [1.82, 2.24) is 10.2 Å². The number of rotatable bonds is 4. The zero-order valence-electron chi connectivity index (χ0n) is 13.5. The van der Waals surface area contributed by atoms with Gasteiger partial charge in [0.1, 0.15) is 6.07 Å². The molecule has 3 rings (SSSR count). The number of carbonyl (C=O) groups is 1. The first-order valence-electron chi connectivity index (χ1n) is 8.11. The number of aromatic nitrogens is 2. The first kappa shape index (κ1) is 16.1. The van der Waals surface area contributed by atoms with E-state index in [9.17, 15) is 10.1 Å². The molecule has 0 saturated heterocycles. The Labute approximate surface area is 140 Å². The summed E-state index contributed by atoms with van der Waals surface area (Å²) in [6.45, 7) is 2.08. The van der Waals surface area contributed by atoms with Crippen molar-refractivity contribution in [1.29, 1.82) is 5.26 Å². The van der Waals surface area contributed by atoms with Gasteiger partial charge in [0, 0.05) is 11.5 Å². The number of aromatic amines is 1. The van der Waals surface area contributed by atoms with Crippen molar-refractivity contribution >= 4 is 5.97 Å². The van der Waals surface area contributed by atoms with Gasteiger partial charge in [0.15, 0.2) is 0 Å². The monoisotopic (exact) mass is 328 g/mol. The number of carbonyl (C=O) groups excluding carboxylic acids is 1. The lowest BCUT2D eigenvalue weighted by Crippen LogP contribution is -2.26. The molecule has 1 aliphatic carbocycles. The van der Waals surface area contributed by atoms with Gasteiger partial charge in [0.05, 0.1) is 24.3 Å². The molecule has 0 spiro atoms. The Hall–Kier alpha value is -2.75. The molecule has 1 aromatic heterocycles. The molecule has 2 atom stereocenters. The summed E-state index contributed by atoms with van der Waals surface area (Å²) < 4.78 is 10.5. The van der Waals surface area contributed by atoms with E-state index in [1.165, 1.54) is 0 Å². The van der Waals surface area contributed by atoms with E-state index in [0.717, 1.165) is 24.8 Å². The Morgan fingerprint density at radius 3 is 3.08 bits per heavy atom. The lowest BCUT2D eigenvalue weighted by molar-refractivity contribution is -0.142. The Kier molecular flexibility index (Phi) is 4.56. The zero-order valence-corrected chi connectivity index (χ0v) is 13.5. The van der Waals surface area contributed by atoms with Crippen LogP contribution in [0.2, 0.25) is 0 Å². The number of nitrogens with one attached hydrogen (secondary N) is 1. The van der Waals surface area contributed by atoms with E-state index in [4.69, 9.17) is 15.2 Å². The highest BCUT2D eigenvalue weighted by Crippen LogP contribution is 2.46. The van der Waals surface area contributed by atoms with Crippen molar-refractivity contribution < 1.29 is 14.3 Å². The van der Waals surface area contributed by atoms with Gasteiger partial charge in [-0.2, -0.15) is 5.26 Å². The summed E-state index contributed by atoms with van der Waals surface area (Å²) in [4.78, 5) is 11.9. The van der Waals surface area contributed by atoms with Crippen molar-refractivity contribution in [2.45, 2.75) is 38.5 Å². The van der Waals surface area contributed by atoms with Gasteiger partial charge in [-0.05, 0) is 32.1 Å². The van der Waals surface area contributed by atoms with Crippen molar-refractivity contribution in [2.75, 3.05) is 6.61 Å². The van der Waals surface area contributed by atoms with Crippen LogP contribution in [-0.2, 0) is 16.0 Å². The average Bonchev–Trinajstić information content (AvgIpc) is 2.96. The number of nitrogens with two attached hydrogens (primary N) is 1. The first-order valence-corrected chi connectivity index (χ1v) is 8.11. The van der Waals surface area contributed by atoms with Gasteiger partial charge in [-0.3, -0.25) is 9.89 Å². The predicted octanol–water partition coefficient (Wildman–Crippen LogP) is 2.04. The van der Waals surface area contributed by atoms with Crippen molar-refractivity contribution in [3.05, 3.63) is 34.9 Å². The number of nitrogens with zero attached hydrogens (tertiary/aromatic N) is 2. The number of allylic oxidation sites excluding steroid dienone is 3. The summed E-state index contributed by atoms with van der Waals surface area (Å²) in [5.74, 6) is 0.118. The number of H-pyrrole nitrogens is 1. The van der Waals surface area contributed by atoms with E-state index in [-0.39, 0.29) is 30.1 Å². The molecule has 0 aromatic carbocycles. The van der Waals surface area contributed by atoms with Gasteiger partial charge < -0.3 is 15.2 Å². The summed E-state index contributed by atoms with van der Waals surface area (Å²) in [6.07, 6.45) is 7.10. The maximum Gasteiger partial charge on any atom is 0.311 e. The molecule has 7 heteroatoms. The molecule has 3 N–H and O–H groups in total. The van der Waals surface area contributed by atoms with Crippen LogP contribution in [0, 0.1) is 17.2 Å². The normalized spacial score (nSPS) is 22.5. The highest BCUT2D eigenvalue weighted by atomic mass is 16.5. The lowest BCUT2D eigenvalue weighted by atomic mass is 9.74. The molecule has 0 bridgehead atoms. The molecule has 1 aromatic rings. The van der Waals surface area contributed by atoms with Crippen LogP contribution in [0.1, 0.15) is 43.4 Å². The Morgan fingerprint density at radius 1 is 1.58 bits per heavy atom. The predicted molar refractivity (Wildman–Crippen MR) is 85.6 cm³/mol. The smallest absolute Gasteiger partial charge is 0.311 e. The maximum absolute atomic E-state index is 11.9. The van der Waals surface area contributed by atoms with E-state index >= 15 is 0 Å². The summed E-state index contributed by atoms with van der Waals surface area (Å²) in [5.41, 5.74) is 7.73. The van der Waals surface area contributed by atoms with Crippen LogP contribution >= 0.6 is 0 Å². The highest BCUT2D eigenvalue weighted by molar-refractivity contribution is 5.73. The molecule has 2 unspecified atom stereocenters. The molecule has 0 fully saturated rings. The largest absolute Gasteiger partial charge is 0.466 e. The molecular weight excluding hydrogens is 308 g/mol. The van der Waals surface area contributed by atoms with Gasteiger partial charge in [-0.1, -0.05) is 12.2 Å². The topological polar surface area (TPSA) is 114 Å². The van der Waals surface area contributed by atoms with E-state index in [2.05, 4.69) is 28.4 Å². The summed E-state index contributed by atoms with van der Waals surface area (Å²) in [6, 6.07) is 2.19. The molecule has 2 heterocycles. The van der Waals surface area contributed by atoms with Crippen molar-refractivity contribution in [2.24, 2.45) is 11.7 Å². The van der Waals surface area contributed by atoms with E-state index < -0.39 is 0 Å². The van der Waals surface area contributed by atoms with Crippen LogP contribution in [0.5, 0.6) is 5.88 Å². The third-order valence-corrected chi connectivity index (χ3v) is 4.47. The standard InChI is InChI=1S/C17H20N4O3/c1-2-23-13(22)8-12-15-14(10-6-4-3-5-7-10)11(9-18)16(19)24-17(15)21-20-12/h3-4,10,14H,2,5-8,19H2,1H3,(H,20,21). The molecule has 7 nitrogen and oxygen atoms in total. The Morgan fingerprint density at radius 2 is 2.42 bits per heavy atom. The molecule has 0 radical (unpaired) electrons. The minimum absolute atomic E-state index is 0.0667. The van der Waals surface area contributed by atoms with E-state index in [1.807, 2.05) is 0 Å². The van der Waals surface area contributed by atoms with Crippen LogP contribution in [0.25, 0.3) is 0 Å². The maximum atomic E-state index is 11.9.